The number of aromatic nitrogens is 2. The molecule has 0 aliphatic carbocycles. The largest absolute Gasteiger partial charge is 0.366 e. The first-order valence-corrected chi connectivity index (χ1v) is 11.0. The summed E-state index contributed by atoms with van der Waals surface area (Å²) in [6.07, 6.45) is 0. The lowest BCUT2D eigenvalue weighted by molar-refractivity contribution is 0.557. The topological polar surface area (TPSA) is 95.7 Å². The van der Waals surface area contributed by atoms with Crippen LogP contribution in [0.3, 0.4) is 0 Å². The molecule has 3 rings (SSSR count). The van der Waals surface area contributed by atoms with Crippen LogP contribution in [-0.2, 0) is 9.84 Å². The molecule has 150 valence electrons. The summed E-state index contributed by atoms with van der Waals surface area (Å²) in [4.78, 5) is 9.23. The predicted molar refractivity (Wildman–Crippen MR) is 114 cm³/mol. The highest BCUT2D eigenvalue weighted by Gasteiger charge is 2.34. The number of nitriles is 1. The number of hydrogen-bond donors (Lipinski definition) is 1. The van der Waals surface area contributed by atoms with Gasteiger partial charge in [0.25, 0.3) is 0 Å². The van der Waals surface area contributed by atoms with Gasteiger partial charge in [0.1, 0.15) is 5.69 Å². The van der Waals surface area contributed by atoms with E-state index in [1.54, 1.807) is 24.3 Å². The van der Waals surface area contributed by atoms with Gasteiger partial charge >= 0.3 is 0 Å². The maximum Gasteiger partial charge on any atom is 0.200 e. The number of hydrogen-bond acceptors (Lipinski definition) is 6. The Balaban J connectivity index is 2.19. The fraction of sp³-hybridized carbons (Fsp3) is 0.318. The number of nitrogens with zero attached hydrogens (tertiary/aromatic N) is 3. The Hall–Kier alpha value is -2.98. The van der Waals surface area contributed by atoms with Gasteiger partial charge in [-0.05, 0) is 44.0 Å². The first-order valence-electron chi connectivity index (χ1n) is 9.47. The monoisotopic (exact) mass is 408 g/mol. The summed E-state index contributed by atoms with van der Waals surface area (Å²) in [5, 5.41) is 11.6. The molecule has 1 N–H and O–H groups in total. The third-order valence-electron chi connectivity index (χ3n) is 4.99. The van der Waals surface area contributed by atoms with Gasteiger partial charge in [0.05, 0.1) is 22.0 Å². The molecule has 0 saturated heterocycles. The highest BCUT2D eigenvalue weighted by molar-refractivity contribution is 7.92. The zero-order valence-corrected chi connectivity index (χ0v) is 17.7. The van der Waals surface area contributed by atoms with Crippen molar-refractivity contribution in [1.29, 1.82) is 5.26 Å². The normalized spacial score (nSPS) is 13.8. The van der Waals surface area contributed by atoms with E-state index in [4.69, 9.17) is 0 Å². The number of rotatable bonds is 6. The second kappa shape index (κ2) is 8.18. The summed E-state index contributed by atoms with van der Waals surface area (Å²) in [6, 6.07) is 15.7. The van der Waals surface area contributed by atoms with E-state index in [9.17, 15) is 13.7 Å². The minimum absolute atomic E-state index is 0.0191. The van der Waals surface area contributed by atoms with E-state index in [2.05, 4.69) is 29.1 Å². The van der Waals surface area contributed by atoms with Crippen LogP contribution in [0, 0.1) is 24.2 Å². The Morgan fingerprint density at radius 3 is 2.10 bits per heavy atom. The number of nitrogens with one attached hydrogen (secondary N) is 1. The molecule has 0 spiro atoms. The molecule has 0 amide bonds. The van der Waals surface area contributed by atoms with Crippen molar-refractivity contribution in [2.24, 2.45) is 5.92 Å². The highest BCUT2D eigenvalue weighted by atomic mass is 32.2. The average Bonchev–Trinajstić information content (AvgIpc) is 2.68. The van der Waals surface area contributed by atoms with Gasteiger partial charge in [-0.2, -0.15) is 5.26 Å². The van der Waals surface area contributed by atoms with E-state index >= 15 is 0 Å². The first-order chi connectivity index (χ1) is 13.7. The molecule has 3 aromatic rings. The Bertz CT molecular complexity index is 1170. The maximum atomic E-state index is 13.3. The number of benzene rings is 2. The summed E-state index contributed by atoms with van der Waals surface area (Å²) in [6.45, 7) is 7.97. The minimum atomic E-state index is -3.97. The van der Waals surface area contributed by atoms with E-state index < -0.39 is 15.1 Å². The summed E-state index contributed by atoms with van der Waals surface area (Å²) in [7, 11) is -3.97. The maximum absolute atomic E-state index is 13.3. The summed E-state index contributed by atoms with van der Waals surface area (Å²) in [5.74, 6) is 0.609. The molecule has 2 atom stereocenters. The lowest BCUT2D eigenvalue weighted by atomic mass is 10.1. The van der Waals surface area contributed by atoms with E-state index in [0.717, 1.165) is 5.56 Å². The average molecular weight is 409 g/mol. The summed E-state index contributed by atoms with van der Waals surface area (Å²) < 4.78 is 26.5. The van der Waals surface area contributed by atoms with Crippen molar-refractivity contribution < 1.29 is 8.42 Å². The van der Waals surface area contributed by atoms with Crippen LogP contribution >= 0.6 is 0 Å². The molecule has 0 fully saturated rings. The van der Waals surface area contributed by atoms with Crippen LogP contribution in [0.2, 0.25) is 0 Å². The number of sulfone groups is 1. The van der Waals surface area contributed by atoms with Crippen molar-refractivity contribution in [3.8, 4) is 6.07 Å². The number of fused-ring (bicyclic) bond motifs is 1. The zero-order valence-electron chi connectivity index (χ0n) is 16.9. The third-order valence-corrected chi connectivity index (χ3v) is 6.87. The van der Waals surface area contributed by atoms with Gasteiger partial charge in [0, 0.05) is 6.04 Å². The van der Waals surface area contributed by atoms with Crippen LogP contribution in [0.1, 0.15) is 37.3 Å². The lowest BCUT2D eigenvalue weighted by Crippen LogP contribution is -2.25. The standard InChI is InChI=1S/C22H24N4O2S/c1-14(2)16(4)24-22-21(25-18-7-5-6-8-19(18)26-22)20(13-23)29(27,28)17-11-9-15(3)10-12-17/h5-12,14,16,20H,1-4H3,(H,24,26)/t16-,20+/m0/s1. The van der Waals surface area contributed by atoms with E-state index in [-0.39, 0.29) is 22.5 Å². The van der Waals surface area contributed by atoms with Gasteiger partial charge in [0.2, 0.25) is 9.84 Å². The van der Waals surface area contributed by atoms with Gasteiger partial charge in [-0.25, -0.2) is 18.4 Å². The van der Waals surface area contributed by atoms with Crippen LogP contribution in [-0.4, -0.2) is 24.4 Å². The Morgan fingerprint density at radius 2 is 1.55 bits per heavy atom. The molecule has 6 nitrogen and oxygen atoms in total. The smallest absolute Gasteiger partial charge is 0.200 e. The quantitative estimate of drug-likeness (QED) is 0.648. The van der Waals surface area contributed by atoms with Gasteiger partial charge in [-0.1, -0.05) is 43.7 Å². The molecule has 0 aliphatic heterocycles. The van der Waals surface area contributed by atoms with Gasteiger partial charge < -0.3 is 5.32 Å². The third kappa shape index (κ3) is 4.22. The van der Waals surface area contributed by atoms with Crippen LogP contribution in [0.4, 0.5) is 5.82 Å². The molecule has 0 saturated carbocycles. The second-order valence-corrected chi connectivity index (χ2v) is 9.52. The fourth-order valence-corrected chi connectivity index (χ4v) is 4.21. The first kappa shape index (κ1) is 20.7. The summed E-state index contributed by atoms with van der Waals surface area (Å²) >= 11 is 0. The van der Waals surface area contributed by atoms with Crippen LogP contribution in [0.15, 0.2) is 53.4 Å². The highest BCUT2D eigenvalue weighted by Crippen LogP contribution is 2.33. The van der Waals surface area contributed by atoms with Crippen LogP contribution < -0.4 is 5.32 Å². The van der Waals surface area contributed by atoms with Crippen molar-refractivity contribution in [2.45, 2.75) is 43.9 Å². The van der Waals surface area contributed by atoms with E-state index in [1.165, 1.54) is 12.1 Å². The van der Waals surface area contributed by atoms with Crippen molar-refractivity contribution in [3.05, 3.63) is 59.8 Å². The molecule has 7 heteroatoms. The van der Waals surface area contributed by atoms with Crippen LogP contribution in [0.5, 0.6) is 0 Å². The number of para-hydroxylation sites is 2. The van der Waals surface area contributed by atoms with Crippen molar-refractivity contribution in [3.63, 3.8) is 0 Å². The second-order valence-electron chi connectivity index (χ2n) is 7.49. The van der Waals surface area contributed by atoms with E-state index in [0.29, 0.717) is 16.9 Å². The molecular weight excluding hydrogens is 384 g/mol. The molecule has 0 bridgehead atoms. The molecule has 1 heterocycles. The molecule has 0 aliphatic rings. The fourth-order valence-electron chi connectivity index (χ4n) is 2.83. The summed E-state index contributed by atoms with van der Waals surface area (Å²) in [5.41, 5.74) is 2.25. The van der Waals surface area contributed by atoms with Crippen molar-refractivity contribution in [2.75, 3.05) is 5.32 Å². The molecule has 0 unspecified atom stereocenters. The molecule has 29 heavy (non-hydrogen) atoms. The predicted octanol–water partition coefficient (Wildman–Crippen LogP) is 4.43. The molecule has 0 radical (unpaired) electrons. The van der Waals surface area contributed by atoms with Crippen molar-refractivity contribution in [1.82, 2.24) is 9.97 Å². The van der Waals surface area contributed by atoms with Crippen LogP contribution in [0.25, 0.3) is 11.0 Å². The molecule has 2 aromatic carbocycles. The Morgan fingerprint density at radius 1 is 0.966 bits per heavy atom. The number of aryl methyl sites for hydroxylation is 1. The Labute approximate surface area is 171 Å². The Kier molecular flexibility index (Phi) is 5.85. The SMILES string of the molecule is Cc1ccc(S(=O)(=O)[C@H](C#N)c2nc3ccccc3nc2N[C@@H](C)C(C)C)cc1. The lowest BCUT2D eigenvalue weighted by Gasteiger charge is -2.21. The van der Waals surface area contributed by atoms with E-state index in [1.807, 2.05) is 32.0 Å². The van der Waals surface area contributed by atoms with Gasteiger partial charge in [0.15, 0.2) is 11.1 Å². The molecule has 1 aromatic heterocycles. The van der Waals surface area contributed by atoms with Crippen molar-refractivity contribution >= 4 is 26.7 Å². The molecular formula is C22H24N4O2S. The number of anilines is 1. The minimum Gasteiger partial charge on any atom is -0.366 e. The van der Waals surface area contributed by atoms with Gasteiger partial charge in [-0.15, -0.1) is 0 Å². The zero-order chi connectivity index (χ0) is 21.2. The van der Waals surface area contributed by atoms with Gasteiger partial charge in [-0.3, -0.25) is 0 Å².